The van der Waals surface area contributed by atoms with Crippen LogP contribution in [0.1, 0.15) is 47.1 Å². The van der Waals surface area contributed by atoms with E-state index in [9.17, 15) is 9.59 Å². The number of anilines is 1. The van der Waals surface area contributed by atoms with Crippen molar-refractivity contribution < 1.29 is 14.7 Å². The summed E-state index contributed by atoms with van der Waals surface area (Å²) in [4.78, 5) is 23.3. The Bertz CT molecular complexity index is 1130. The van der Waals surface area contributed by atoms with Gasteiger partial charge in [-0.2, -0.15) is 0 Å². The molecule has 162 valence electrons. The van der Waals surface area contributed by atoms with Gasteiger partial charge in [-0.05, 0) is 75.2 Å². The molecule has 0 aliphatic rings. The molecule has 0 fully saturated rings. The van der Waals surface area contributed by atoms with E-state index in [1.165, 1.54) is 6.92 Å². The molecule has 31 heavy (non-hydrogen) atoms. The summed E-state index contributed by atoms with van der Waals surface area (Å²) in [6.07, 6.45) is 1.82. The van der Waals surface area contributed by atoms with Gasteiger partial charge in [0, 0.05) is 16.3 Å². The molecule has 2 atom stereocenters. The Hall–Kier alpha value is -3.39. The molecule has 8 nitrogen and oxygen atoms in total. The molecule has 1 unspecified atom stereocenters. The van der Waals surface area contributed by atoms with Crippen LogP contribution in [0.4, 0.5) is 5.69 Å². The van der Waals surface area contributed by atoms with Gasteiger partial charge in [0.05, 0.1) is 17.9 Å². The van der Waals surface area contributed by atoms with Gasteiger partial charge in [-0.1, -0.05) is 16.8 Å². The summed E-state index contributed by atoms with van der Waals surface area (Å²) in [5, 5.41) is 24.0. The van der Waals surface area contributed by atoms with E-state index in [2.05, 4.69) is 20.9 Å². The molecule has 2 aromatic carbocycles. The second-order valence-electron chi connectivity index (χ2n) is 7.45. The Morgan fingerprint density at radius 3 is 2.48 bits per heavy atom. The Labute approximate surface area is 185 Å². The third-order valence-corrected chi connectivity index (χ3v) is 5.36. The van der Waals surface area contributed by atoms with Gasteiger partial charge >= 0.3 is 5.97 Å². The lowest BCUT2D eigenvalue weighted by atomic mass is 10.1. The Morgan fingerprint density at radius 1 is 1.10 bits per heavy atom. The third kappa shape index (κ3) is 5.21. The molecule has 1 aromatic heterocycles. The second kappa shape index (κ2) is 9.18. The summed E-state index contributed by atoms with van der Waals surface area (Å²) in [6.45, 7) is 7.14. The first-order valence-electron chi connectivity index (χ1n) is 9.75. The van der Waals surface area contributed by atoms with E-state index in [4.69, 9.17) is 16.7 Å². The van der Waals surface area contributed by atoms with Crippen molar-refractivity contribution in [1.29, 1.82) is 0 Å². The number of carbonyl (C=O) groups is 2. The lowest BCUT2D eigenvalue weighted by Crippen LogP contribution is -2.38. The maximum absolute atomic E-state index is 12.3. The van der Waals surface area contributed by atoms with E-state index < -0.39 is 17.9 Å². The van der Waals surface area contributed by atoms with Crippen LogP contribution in [0, 0.1) is 13.8 Å². The van der Waals surface area contributed by atoms with E-state index in [0.717, 1.165) is 22.6 Å². The number of nitrogens with zero attached hydrogens (tertiary/aromatic N) is 3. The Morgan fingerprint density at radius 2 is 1.84 bits per heavy atom. The number of carboxylic acids is 1. The van der Waals surface area contributed by atoms with Gasteiger partial charge in [0.15, 0.2) is 0 Å². The molecule has 9 heteroatoms. The number of aromatic nitrogens is 3. The molecular formula is C22H24ClN5O3. The Balaban J connectivity index is 1.74. The Kier molecular flexibility index (Phi) is 6.60. The first kappa shape index (κ1) is 22.3. The molecule has 3 aromatic rings. The molecular weight excluding hydrogens is 418 g/mol. The minimum absolute atomic E-state index is 0.0852. The summed E-state index contributed by atoms with van der Waals surface area (Å²) in [5.74, 6) is -1.52. The number of hydrogen-bond acceptors (Lipinski definition) is 5. The fourth-order valence-corrected chi connectivity index (χ4v) is 3.16. The van der Waals surface area contributed by atoms with Crippen LogP contribution in [0.2, 0.25) is 5.02 Å². The zero-order valence-electron chi connectivity index (χ0n) is 17.7. The number of aliphatic carboxylic acids is 1. The first-order valence-corrected chi connectivity index (χ1v) is 10.1. The van der Waals surface area contributed by atoms with Gasteiger partial charge in [-0.3, -0.25) is 9.59 Å². The van der Waals surface area contributed by atoms with Gasteiger partial charge in [0.2, 0.25) is 0 Å². The summed E-state index contributed by atoms with van der Waals surface area (Å²) < 4.78 is 1.63. The maximum atomic E-state index is 12.3. The van der Waals surface area contributed by atoms with Crippen molar-refractivity contribution in [2.24, 2.45) is 0 Å². The lowest BCUT2D eigenvalue weighted by Gasteiger charge is -2.13. The fraction of sp³-hybridized carbons (Fsp3) is 0.273. The maximum Gasteiger partial charge on any atom is 0.325 e. The highest BCUT2D eigenvalue weighted by Crippen LogP contribution is 2.23. The van der Waals surface area contributed by atoms with Crippen LogP contribution in [0.5, 0.6) is 0 Å². The molecule has 0 radical (unpaired) electrons. The van der Waals surface area contributed by atoms with Crippen LogP contribution >= 0.6 is 11.6 Å². The summed E-state index contributed by atoms with van der Waals surface area (Å²) in [7, 11) is 0. The minimum Gasteiger partial charge on any atom is -0.480 e. The molecule has 0 aliphatic carbocycles. The van der Waals surface area contributed by atoms with E-state index >= 15 is 0 Å². The van der Waals surface area contributed by atoms with Crippen molar-refractivity contribution in [3.63, 3.8) is 0 Å². The second-order valence-corrected chi connectivity index (χ2v) is 7.86. The lowest BCUT2D eigenvalue weighted by molar-refractivity contribution is -0.138. The van der Waals surface area contributed by atoms with Gasteiger partial charge in [-0.15, -0.1) is 5.10 Å². The monoisotopic (exact) mass is 441 g/mol. The molecule has 3 rings (SSSR count). The highest BCUT2D eigenvalue weighted by molar-refractivity contribution is 6.31. The highest BCUT2D eigenvalue weighted by atomic mass is 35.5. The zero-order chi connectivity index (χ0) is 22.7. The van der Waals surface area contributed by atoms with Crippen molar-refractivity contribution in [3.05, 3.63) is 70.0 Å². The zero-order valence-corrected chi connectivity index (χ0v) is 18.4. The summed E-state index contributed by atoms with van der Waals surface area (Å²) >= 11 is 6.08. The standard InChI is InChI=1S/C22H24ClN5O3/c1-12-10-17(6-7-18(12)21(29)25-15(4)22(30)31)28-11-20(26-27-28)14(3)24-16-5-8-19(23)13(2)9-16/h5-11,14-15,24H,1-4H3,(H,25,29)(H,30,31)/t14?,15-/m0/s1. The van der Waals surface area contributed by atoms with E-state index in [1.807, 2.05) is 38.2 Å². The number of halogens is 1. The van der Waals surface area contributed by atoms with E-state index in [0.29, 0.717) is 16.1 Å². The van der Waals surface area contributed by atoms with Crippen LogP contribution in [0.25, 0.3) is 5.69 Å². The van der Waals surface area contributed by atoms with Crippen molar-refractivity contribution in [1.82, 2.24) is 20.3 Å². The number of rotatable bonds is 7. The third-order valence-electron chi connectivity index (χ3n) is 4.93. The van der Waals surface area contributed by atoms with Gasteiger partial charge in [-0.25, -0.2) is 4.68 Å². The average molecular weight is 442 g/mol. The number of carboxylic acid groups (broad SMARTS) is 1. The normalized spacial score (nSPS) is 12.8. The molecule has 0 saturated carbocycles. The fourth-order valence-electron chi connectivity index (χ4n) is 3.04. The van der Waals surface area contributed by atoms with Crippen LogP contribution in [-0.2, 0) is 4.79 Å². The number of aryl methyl sites for hydroxylation is 2. The molecule has 0 bridgehead atoms. The summed E-state index contributed by atoms with van der Waals surface area (Å²) in [5.41, 5.74) is 4.53. The number of benzene rings is 2. The molecule has 1 amide bonds. The predicted molar refractivity (Wildman–Crippen MR) is 119 cm³/mol. The van der Waals surface area contributed by atoms with Crippen molar-refractivity contribution >= 4 is 29.2 Å². The number of amides is 1. The van der Waals surface area contributed by atoms with Crippen LogP contribution < -0.4 is 10.6 Å². The van der Waals surface area contributed by atoms with Crippen LogP contribution in [-0.4, -0.2) is 38.0 Å². The molecule has 0 aliphatic heterocycles. The molecule has 3 N–H and O–H groups in total. The minimum atomic E-state index is -1.09. The van der Waals surface area contributed by atoms with Gasteiger partial charge in [0.25, 0.3) is 5.91 Å². The molecule has 1 heterocycles. The largest absolute Gasteiger partial charge is 0.480 e. The van der Waals surface area contributed by atoms with Gasteiger partial charge < -0.3 is 15.7 Å². The van der Waals surface area contributed by atoms with Gasteiger partial charge in [0.1, 0.15) is 11.7 Å². The van der Waals surface area contributed by atoms with Crippen molar-refractivity contribution in [3.8, 4) is 5.69 Å². The number of carbonyl (C=O) groups excluding carboxylic acids is 1. The van der Waals surface area contributed by atoms with E-state index in [-0.39, 0.29) is 6.04 Å². The van der Waals surface area contributed by atoms with Crippen LogP contribution in [0.3, 0.4) is 0 Å². The summed E-state index contributed by atoms with van der Waals surface area (Å²) in [6, 6.07) is 9.87. The topological polar surface area (TPSA) is 109 Å². The highest BCUT2D eigenvalue weighted by Gasteiger charge is 2.17. The predicted octanol–water partition coefficient (Wildman–Crippen LogP) is 3.91. The first-order chi connectivity index (χ1) is 14.7. The smallest absolute Gasteiger partial charge is 0.325 e. The average Bonchev–Trinajstić information content (AvgIpc) is 3.21. The number of hydrogen-bond donors (Lipinski definition) is 3. The van der Waals surface area contributed by atoms with Crippen molar-refractivity contribution in [2.45, 2.75) is 39.8 Å². The SMILES string of the molecule is Cc1cc(NC(C)c2cn(-c3ccc(C(=O)N[C@@H](C)C(=O)O)c(C)c3)nn2)ccc1Cl. The molecule has 0 saturated heterocycles. The molecule has 0 spiro atoms. The number of nitrogens with one attached hydrogen (secondary N) is 2. The van der Waals surface area contributed by atoms with Crippen molar-refractivity contribution in [2.75, 3.05) is 5.32 Å². The van der Waals surface area contributed by atoms with E-state index in [1.54, 1.807) is 29.8 Å². The van der Waals surface area contributed by atoms with Crippen LogP contribution in [0.15, 0.2) is 42.6 Å². The quantitative estimate of drug-likeness (QED) is 0.512.